The van der Waals surface area contributed by atoms with Crippen LogP contribution in [0.4, 0.5) is 0 Å². The van der Waals surface area contributed by atoms with Crippen molar-refractivity contribution in [2.75, 3.05) is 7.11 Å². The molecule has 16 heavy (non-hydrogen) atoms. The number of rotatable bonds is 2. The molecule has 0 unspecified atom stereocenters. The maximum Gasteiger partial charge on any atom is 0.394 e. The molecule has 5 nitrogen and oxygen atoms in total. The first kappa shape index (κ1) is 10.4. The molecule has 0 aliphatic rings. The molecule has 1 aromatic carbocycles. The highest BCUT2D eigenvalue weighted by atomic mass is 16.5. The van der Waals surface area contributed by atoms with E-state index in [1.807, 2.05) is 0 Å². The van der Waals surface area contributed by atoms with Crippen molar-refractivity contribution in [3.63, 3.8) is 0 Å². The van der Waals surface area contributed by atoms with Crippen molar-refractivity contribution < 1.29 is 18.7 Å². The van der Waals surface area contributed by atoms with Gasteiger partial charge in [0.2, 0.25) is 0 Å². The first-order chi connectivity index (χ1) is 7.61. The highest BCUT2D eigenvalue weighted by molar-refractivity contribution is 5.97. The van der Waals surface area contributed by atoms with E-state index in [1.54, 1.807) is 18.2 Å². The number of carbonyl (C=O) groups is 2. The number of ether oxygens (including phenoxy) is 1. The minimum Gasteiger partial charge on any atom is -0.462 e. The van der Waals surface area contributed by atoms with Gasteiger partial charge in [0, 0.05) is 5.56 Å². The second kappa shape index (κ2) is 3.77. The van der Waals surface area contributed by atoms with E-state index < -0.39 is 5.97 Å². The van der Waals surface area contributed by atoms with Crippen LogP contribution in [0.5, 0.6) is 0 Å². The Bertz CT molecular complexity index is 570. The quantitative estimate of drug-likeness (QED) is 0.569. The van der Waals surface area contributed by atoms with Gasteiger partial charge in [-0.3, -0.25) is 4.79 Å². The lowest BCUT2D eigenvalue weighted by molar-refractivity contribution is 0.0558. The van der Waals surface area contributed by atoms with Gasteiger partial charge in [-0.05, 0) is 25.1 Å². The molecule has 0 aliphatic heterocycles. The van der Waals surface area contributed by atoms with Crippen LogP contribution in [0.2, 0.25) is 0 Å². The summed E-state index contributed by atoms with van der Waals surface area (Å²) < 4.78 is 9.64. The van der Waals surface area contributed by atoms with Crippen LogP contribution in [0.15, 0.2) is 22.6 Å². The lowest BCUT2D eigenvalue weighted by Crippen LogP contribution is -2.00. The van der Waals surface area contributed by atoms with Crippen LogP contribution in [0.3, 0.4) is 0 Å². The van der Waals surface area contributed by atoms with Gasteiger partial charge in [0.25, 0.3) is 0 Å². The zero-order valence-electron chi connectivity index (χ0n) is 8.81. The minimum atomic E-state index is -0.638. The Kier molecular flexibility index (Phi) is 2.44. The maximum atomic E-state index is 11.2. The number of methoxy groups -OCH3 is 1. The van der Waals surface area contributed by atoms with Crippen molar-refractivity contribution in [3.8, 4) is 0 Å². The minimum absolute atomic E-state index is 0.0653. The molecule has 0 N–H and O–H groups in total. The molecule has 1 aromatic heterocycles. The smallest absolute Gasteiger partial charge is 0.394 e. The number of oxazole rings is 1. The van der Waals surface area contributed by atoms with Crippen LogP contribution in [0, 0.1) is 0 Å². The molecular formula is C11H9NO4. The summed E-state index contributed by atoms with van der Waals surface area (Å²) in [7, 11) is 1.25. The number of hydrogen-bond donors (Lipinski definition) is 0. The molecule has 0 aliphatic carbocycles. The predicted molar refractivity (Wildman–Crippen MR) is 55.4 cm³/mol. The third-order valence-electron chi connectivity index (χ3n) is 2.15. The van der Waals surface area contributed by atoms with E-state index in [0.29, 0.717) is 16.7 Å². The van der Waals surface area contributed by atoms with Gasteiger partial charge in [0.05, 0.1) is 7.11 Å². The molecule has 0 fully saturated rings. The fourth-order valence-electron chi connectivity index (χ4n) is 1.32. The van der Waals surface area contributed by atoms with E-state index >= 15 is 0 Å². The summed E-state index contributed by atoms with van der Waals surface area (Å²) in [6.07, 6.45) is 0. The molecule has 0 saturated carbocycles. The van der Waals surface area contributed by atoms with Gasteiger partial charge < -0.3 is 9.15 Å². The summed E-state index contributed by atoms with van der Waals surface area (Å²) in [6.45, 7) is 1.46. The molecule has 0 bridgehead atoms. The fraction of sp³-hybridized carbons (Fsp3) is 0.182. The Morgan fingerprint density at radius 3 is 2.75 bits per heavy atom. The second-order valence-corrected chi connectivity index (χ2v) is 3.25. The Balaban J connectivity index is 2.54. The molecular weight excluding hydrogens is 210 g/mol. The fourth-order valence-corrected chi connectivity index (χ4v) is 1.32. The van der Waals surface area contributed by atoms with Crippen molar-refractivity contribution in [2.45, 2.75) is 6.92 Å². The SMILES string of the molecule is COC(=O)c1nc2cc(C(C)=O)ccc2o1. The number of ketones is 1. The van der Waals surface area contributed by atoms with E-state index in [4.69, 9.17) is 4.42 Å². The number of hydrogen-bond acceptors (Lipinski definition) is 5. The van der Waals surface area contributed by atoms with Crippen molar-refractivity contribution >= 4 is 22.9 Å². The molecule has 1 heterocycles. The average molecular weight is 219 g/mol. The van der Waals surface area contributed by atoms with Gasteiger partial charge in [0.15, 0.2) is 11.4 Å². The van der Waals surface area contributed by atoms with E-state index in [2.05, 4.69) is 9.72 Å². The number of nitrogens with zero attached hydrogens (tertiary/aromatic N) is 1. The van der Waals surface area contributed by atoms with E-state index in [0.717, 1.165) is 0 Å². The van der Waals surface area contributed by atoms with Gasteiger partial charge in [0.1, 0.15) is 5.52 Å². The second-order valence-electron chi connectivity index (χ2n) is 3.25. The summed E-state index contributed by atoms with van der Waals surface area (Å²) in [6, 6.07) is 4.80. The van der Waals surface area contributed by atoms with Gasteiger partial charge >= 0.3 is 11.9 Å². The monoisotopic (exact) mass is 219 g/mol. The summed E-state index contributed by atoms with van der Waals surface area (Å²) in [5, 5.41) is 0. The highest BCUT2D eigenvalue weighted by Crippen LogP contribution is 2.17. The molecule has 2 rings (SSSR count). The number of fused-ring (bicyclic) bond motifs is 1. The maximum absolute atomic E-state index is 11.2. The topological polar surface area (TPSA) is 69.4 Å². The van der Waals surface area contributed by atoms with Crippen molar-refractivity contribution in [2.24, 2.45) is 0 Å². The summed E-state index contributed by atoms with van der Waals surface area (Å²) in [5.41, 5.74) is 1.44. The first-order valence-electron chi connectivity index (χ1n) is 4.61. The lowest BCUT2D eigenvalue weighted by Gasteiger charge is -1.92. The number of aromatic nitrogens is 1. The van der Waals surface area contributed by atoms with E-state index in [-0.39, 0.29) is 11.7 Å². The van der Waals surface area contributed by atoms with Crippen LogP contribution in [-0.2, 0) is 4.74 Å². The first-order valence-corrected chi connectivity index (χ1v) is 4.61. The molecule has 0 radical (unpaired) electrons. The standard InChI is InChI=1S/C11H9NO4/c1-6(13)7-3-4-9-8(5-7)12-10(16-9)11(14)15-2/h3-5H,1-2H3. The number of benzene rings is 1. The van der Waals surface area contributed by atoms with Crippen LogP contribution in [-0.4, -0.2) is 23.8 Å². The normalized spacial score (nSPS) is 10.4. The van der Waals surface area contributed by atoms with Crippen LogP contribution in [0.1, 0.15) is 28.0 Å². The van der Waals surface area contributed by atoms with E-state index in [1.165, 1.54) is 14.0 Å². The Hall–Kier alpha value is -2.17. The van der Waals surface area contributed by atoms with Crippen LogP contribution < -0.4 is 0 Å². The lowest BCUT2D eigenvalue weighted by atomic mass is 10.1. The van der Waals surface area contributed by atoms with Crippen molar-refractivity contribution in [1.29, 1.82) is 0 Å². The molecule has 2 aromatic rings. The van der Waals surface area contributed by atoms with Crippen molar-refractivity contribution in [3.05, 3.63) is 29.7 Å². The Morgan fingerprint density at radius 1 is 1.38 bits per heavy atom. The van der Waals surface area contributed by atoms with Gasteiger partial charge in [-0.25, -0.2) is 9.78 Å². The zero-order valence-corrected chi connectivity index (χ0v) is 8.81. The Morgan fingerprint density at radius 2 is 2.12 bits per heavy atom. The third-order valence-corrected chi connectivity index (χ3v) is 2.15. The number of esters is 1. The Labute approximate surface area is 91.0 Å². The largest absolute Gasteiger partial charge is 0.462 e. The highest BCUT2D eigenvalue weighted by Gasteiger charge is 2.15. The predicted octanol–water partition coefficient (Wildman–Crippen LogP) is 1.82. The average Bonchev–Trinajstić information content (AvgIpc) is 2.70. The van der Waals surface area contributed by atoms with Gasteiger partial charge in [-0.1, -0.05) is 0 Å². The summed E-state index contributed by atoms with van der Waals surface area (Å²) >= 11 is 0. The number of Topliss-reactive ketones (excluding diaryl/α,β-unsaturated/α-hetero) is 1. The molecule has 0 spiro atoms. The van der Waals surface area contributed by atoms with Gasteiger partial charge in [-0.15, -0.1) is 0 Å². The number of carbonyl (C=O) groups excluding carboxylic acids is 2. The molecule has 0 amide bonds. The summed E-state index contributed by atoms with van der Waals surface area (Å²) in [4.78, 5) is 26.2. The summed E-state index contributed by atoms with van der Waals surface area (Å²) in [5.74, 6) is -0.816. The molecule has 82 valence electrons. The molecule has 0 saturated heterocycles. The van der Waals surface area contributed by atoms with Gasteiger partial charge in [-0.2, -0.15) is 0 Å². The third kappa shape index (κ3) is 1.67. The van der Waals surface area contributed by atoms with Crippen LogP contribution >= 0.6 is 0 Å². The van der Waals surface area contributed by atoms with Crippen LogP contribution in [0.25, 0.3) is 11.1 Å². The zero-order chi connectivity index (χ0) is 11.7. The van der Waals surface area contributed by atoms with Crippen molar-refractivity contribution in [1.82, 2.24) is 4.98 Å². The molecule has 5 heteroatoms. The van der Waals surface area contributed by atoms with E-state index in [9.17, 15) is 9.59 Å². The molecule has 0 atom stereocenters.